The van der Waals surface area contributed by atoms with Crippen molar-refractivity contribution < 1.29 is 13.2 Å². The Bertz CT molecular complexity index is 579. The molecular weight excluding hydrogens is 277 g/mol. The highest BCUT2D eigenvalue weighted by Crippen LogP contribution is 2.31. The molecule has 0 fully saturated rings. The molecule has 0 bridgehead atoms. The first kappa shape index (κ1) is 13.7. The summed E-state index contributed by atoms with van der Waals surface area (Å²) < 4.78 is 37.4. The van der Waals surface area contributed by atoms with Crippen LogP contribution in [0.5, 0.6) is 0 Å². The molecule has 0 aliphatic heterocycles. The summed E-state index contributed by atoms with van der Waals surface area (Å²) in [7, 11) is 0. The van der Waals surface area contributed by atoms with Crippen molar-refractivity contribution in [3.8, 4) is 0 Å². The Kier molecular flexibility index (Phi) is 3.66. The fourth-order valence-electron chi connectivity index (χ4n) is 1.58. The van der Waals surface area contributed by atoms with Gasteiger partial charge in [0.25, 0.3) is 0 Å². The van der Waals surface area contributed by atoms with Crippen LogP contribution < -0.4 is 5.73 Å². The Morgan fingerprint density at radius 2 is 1.79 bits per heavy atom. The van der Waals surface area contributed by atoms with Gasteiger partial charge < -0.3 is 5.73 Å². The lowest BCUT2D eigenvalue weighted by Crippen LogP contribution is -2.06. The van der Waals surface area contributed by atoms with E-state index in [2.05, 4.69) is 4.98 Å². The fraction of sp³-hybridized carbons (Fsp3) is 0.154. The molecule has 100 valence electrons. The Balaban J connectivity index is 2.24. The van der Waals surface area contributed by atoms with Gasteiger partial charge in [0.05, 0.1) is 16.3 Å². The zero-order valence-corrected chi connectivity index (χ0v) is 10.5. The van der Waals surface area contributed by atoms with Crippen LogP contribution >= 0.6 is 11.6 Å². The van der Waals surface area contributed by atoms with Gasteiger partial charge in [-0.15, -0.1) is 0 Å². The zero-order chi connectivity index (χ0) is 14.0. The molecule has 2 rings (SSSR count). The van der Waals surface area contributed by atoms with Crippen molar-refractivity contribution in [2.75, 3.05) is 5.73 Å². The number of pyridine rings is 1. The average Bonchev–Trinajstić information content (AvgIpc) is 2.33. The lowest BCUT2D eigenvalue weighted by Gasteiger charge is -2.09. The van der Waals surface area contributed by atoms with Gasteiger partial charge in [-0.3, -0.25) is 4.98 Å². The Morgan fingerprint density at radius 3 is 2.32 bits per heavy atom. The maximum absolute atomic E-state index is 12.5. The van der Waals surface area contributed by atoms with E-state index in [1.807, 2.05) is 0 Å². The van der Waals surface area contributed by atoms with Gasteiger partial charge in [-0.2, -0.15) is 13.2 Å². The zero-order valence-electron chi connectivity index (χ0n) is 9.71. The number of halogens is 4. The number of nitrogens with zero attached hydrogens (tertiary/aromatic N) is 1. The summed E-state index contributed by atoms with van der Waals surface area (Å²) in [6.07, 6.45) is -3.29. The van der Waals surface area contributed by atoms with E-state index in [9.17, 15) is 13.2 Å². The van der Waals surface area contributed by atoms with Crippen LogP contribution in [0.2, 0.25) is 5.02 Å². The quantitative estimate of drug-likeness (QED) is 0.850. The van der Waals surface area contributed by atoms with Gasteiger partial charge >= 0.3 is 6.18 Å². The van der Waals surface area contributed by atoms with E-state index >= 15 is 0 Å². The van der Waals surface area contributed by atoms with E-state index < -0.39 is 11.7 Å². The SMILES string of the molecule is Nc1ccc(Cc2ncc(C(F)(F)F)cc2Cl)cc1. The molecule has 1 heterocycles. The van der Waals surface area contributed by atoms with Crippen molar-refractivity contribution in [3.63, 3.8) is 0 Å². The first-order chi connectivity index (χ1) is 8.86. The predicted octanol–water partition coefficient (Wildman–Crippen LogP) is 3.93. The molecule has 2 N–H and O–H groups in total. The van der Waals surface area contributed by atoms with Gasteiger partial charge in [0, 0.05) is 18.3 Å². The third kappa shape index (κ3) is 3.38. The number of hydrogen-bond donors (Lipinski definition) is 1. The van der Waals surface area contributed by atoms with E-state index in [1.54, 1.807) is 24.3 Å². The molecule has 1 aromatic heterocycles. The number of alkyl halides is 3. The molecule has 0 radical (unpaired) electrons. The minimum Gasteiger partial charge on any atom is -0.399 e. The highest BCUT2D eigenvalue weighted by atomic mass is 35.5. The van der Waals surface area contributed by atoms with Crippen LogP contribution in [-0.4, -0.2) is 4.98 Å². The molecule has 0 saturated carbocycles. The lowest BCUT2D eigenvalue weighted by atomic mass is 10.1. The Labute approximate surface area is 113 Å². The lowest BCUT2D eigenvalue weighted by molar-refractivity contribution is -0.137. The molecule has 19 heavy (non-hydrogen) atoms. The molecule has 2 nitrogen and oxygen atoms in total. The summed E-state index contributed by atoms with van der Waals surface area (Å²) in [5, 5.41) is 0.00616. The van der Waals surface area contributed by atoms with Gasteiger partial charge in [-0.25, -0.2) is 0 Å². The van der Waals surface area contributed by atoms with Crippen LogP contribution in [0.1, 0.15) is 16.8 Å². The summed E-state index contributed by atoms with van der Waals surface area (Å²) in [6.45, 7) is 0. The molecule has 0 aliphatic carbocycles. The van der Waals surface area contributed by atoms with Gasteiger partial charge in [-0.05, 0) is 23.8 Å². The van der Waals surface area contributed by atoms with Crippen LogP contribution in [0, 0.1) is 0 Å². The van der Waals surface area contributed by atoms with E-state index in [-0.39, 0.29) is 5.02 Å². The topological polar surface area (TPSA) is 38.9 Å². The van der Waals surface area contributed by atoms with Gasteiger partial charge in [0.2, 0.25) is 0 Å². The van der Waals surface area contributed by atoms with E-state index in [0.717, 1.165) is 17.8 Å². The number of nitrogens with two attached hydrogens (primary N) is 1. The van der Waals surface area contributed by atoms with Crippen molar-refractivity contribution in [1.29, 1.82) is 0 Å². The molecule has 0 spiro atoms. The molecule has 0 saturated heterocycles. The van der Waals surface area contributed by atoms with Gasteiger partial charge in [0.15, 0.2) is 0 Å². The smallest absolute Gasteiger partial charge is 0.399 e. The Morgan fingerprint density at radius 1 is 1.16 bits per heavy atom. The maximum Gasteiger partial charge on any atom is 0.417 e. The molecule has 1 aromatic carbocycles. The van der Waals surface area contributed by atoms with Crippen molar-refractivity contribution in [2.45, 2.75) is 12.6 Å². The third-order valence-corrected chi connectivity index (χ3v) is 2.92. The predicted molar refractivity (Wildman–Crippen MR) is 67.9 cm³/mol. The minimum atomic E-state index is -4.43. The van der Waals surface area contributed by atoms with Gasteiger partial charge in [0.1, 0.15) is 0 Å². The molecule has 2 aromatic rings. The highest BCUT2D eigenvalue weighted by Gasteiger charge is 2.31. The van der Waals surface area contributed by atoms with Crippen molar-refractivity contribution in [2.24, 2.45) is 0 Å². The van der Waals surface area contributed by atoms with Gasteiger partial charge in [-0.1, -0.05) is 23.7 Å². The number of nitrogen functional groups attached to an aromatic ring is 1. The van der Waals surface area contributed by atoms with Crippen LogP contribution in [0.4, 0.5) is 18.9 Å². The largest absolute Gasteiger partial charge is 0.417 e. The maximum atomic E-state index is 12.5. The minimum absolute atomic E-state index is 0.00616. The molecule has 0 atom stereocenters. The second kappa shape index (κ2) is 5.09. The Hall–Kier alpha value is -1.75. The number of hydrogen-bond acceptors (Lipinski definition) is 2. The normalized spacial score (nSPS) is 11.6. The first-order valence-electron chi connectivity index (χ1n) is 5.42. The average molecular weight is 287 g/mol. The number of rotatable bonds is 2. The molecular formula is C13H10ClF3N2. The molecule has 0 unspecified atom stereocenters. The number of benzene rings is 1. The summed E-state index contributed by atoms with van der Waals surface area (Å²) in [6, 6.07) is 7.89. The van der Waals surface area contributed by atoms with Crippen LogP contribution in [0.15, 0.2) is 36.5 Å². The van der Waals surface area contributed by atoms with Crippen LogP contribution in [0.3, 0.4) is 0 Å². The summed E-state index contributed by atoms with van der Waals surface area (Å²) >= 11 is 5.83. The number of aromatic nitrogens is 1. The van der Waals surface area contributed by atoms with Crippen molar-refractivity contribution in [1.82, 2.24) is 4.98 Å². The summed E-state index contributed by atoms with van der Waals surface area (Å²) in [4.78, 5) is 3.78. The third-order valence-electron chi connectivity index (χ3n) is 2.60. The molecule has 0 amide bonds. The first-order valence-corrected chi connectivity index (χ1v) is 5.80. The molecule has 0 aliphatic rings. The van der Waals surface area contributed by atoms with E-state index in [4.69, 9.17) is 17.3 Å². The van der Waals surface area contributed by atoms with E-state index in [0.29, 0.717) is 17.8 Å². The second-order valence-electron chi connectivity index (χ2n) is 4.07. The number of anilines is 1. The van der Waals surface area contributed by atoms with Crippen LogP contribution in [-0.2, 0) is 12.6 Å². The standard InChI is InChI=1S/C13H10ClF3N2/c14-11-6-9(13(15,16)17)7-19-12(11)5-8-1-3-10(18)4-2-8/h1-4,6-7H,5,18H2. The van der Waals surface area contributed by atoms with E-state index in [1.165, 1.54) is 0 Å². The van der Waals surface area contributed by atoms with Crippen LogP contribution in [0.25, 0.3) is 0 Å². The monoisotopic (exact) mass is 286 g/mol. The summed E-state index contributed by atoms with van der Waals surface area (Å²) in [5.74, 6) is 0. The summed E-state index contributed by atoms with van der Waals surface area (Å²) in [5.41, 5.74) is 6.60. The van der Waals surface area contributed by atoms with Crippen molar-refractivity contribution in [3.05, 3.63) is 58.4 Å². The highest BCUT2D eigenvalue weighted by molar-refractivity contribution is 6.31. The van der Waals surface area contributed by atoms with Crippen molar-refractivity contribution >= 4 is 17.3 Å². The second-order valence-corrected chi connectivity index (χ2v) is 4.48. The molecule has 6 heteroatoms. The fourth-order valence-corrected chi connectivity index (χ4v) is 1.81.